The fraction of sp³-hybridized carbons (Fsp3) is 0.500. The van der Waals surface area contributed by atoms with Crippen LogP contribution in [0.5, 0.6) is 5.75 Å². The van der Waals surface area contributed by atoms with Gasteiger partial charge in [0.25, 0.3) is 11.7 Å². The lowest BCUT2D eigenvalue weighted by Crippen LogP contribution is -2.71. The van der Waals surface area contributed by atoms with Gasteiger partial charge in [-0.25, -0.2) is 0 Å². The number of phenols is 1. The van der Waals surface area contributed by atoms with Crippen LogP contribution in [0.15, 0.2) is 12.1 Å². The molecule has 11 heteroatoms. The van der Waals surface area contributed by atoms with Crippen molar-refractivity contribution in [3.05, 3.63) is 28.8 Å². The number of nitrogens with zero attached hydrogens (tertiary/aromatic N) is 1. The summed E-state index contributed by atoms with van der Waals surface area (Å²) in [5.41, 5.74) is 2.17. The molecule has 0 radical (unpaired) electrons. The standard InChI is InChI=1S/C26H28N2O9/c1-9(2)15-13-8-10-7-12-11(19(30)25(36)28(3)4)5-6-14(29)17(12)21(32)16(10)22(33)26(13,37)23(34)18(20(15)31)24(27)35/h5-6,9-10,13,15-16,18,29,37H,7-8H2,1-4H3,(H2,27,35)/t10-,13-,15-,16?,18?,26-/m0/s1. The SMILES string of the molecule is CC(C)[C@@H]1C(=O)C(C(N)=O)C(=O)[C@@]2(O)C(=O)C3C(=O)c4c(O)ccc(C(=O)C(=O)N(C)C)c4C[C@H]3C[C@@H]12. The molecule has 196 valence electrons. The van der Waals surface area contributed by atoms with Crippen LogP contribution < -0.4 is 5.73 Å². The summed E-state index contributed by atoms with van der Waals surface area (Å²) >= 11 is 0. The Kier molecular flexibility index (Phi) is 6.18. The number of hydrogen-bond acceptors (Lipinski definition) is 9. The van der Waals surface area contributed by atoms with Gasteiger partial charge in [-0.15, -0.1) is 0 Å². The van der Waals surface area contributed by atoms with Gasteiger partial charge < -0.3 is 20.8 Å². The Labute approximate surface area is 212 Å². The lowest BCUT2D eigenvalue weighted by Gasteiger charge is -2.52. The van der Waals surface area contributed by atoms with Crippen LogP contribution in [-0.4, -0.2) is 75.5 Å². The van der Waals surface area contributed by atoms with E-state index in [4.69, 9.17) is 5.73 Å². The molecule has 0 heterocycles. The monoisotopic (exact) mass is 512 g/mol. The number of aliphatic hydroxyl groups is 1. The number of rotatable bonds is 4. The highest BCUT2D eigenvalue weighted by atomic mass is 16.3. The number of Topliss-reactive ketones (excluding diaryl/α,β-unsaturated/α-hetero) is 5. The highest BCUT2D eigenvalue weighted by Gasteiger charge is 2.69. The average Bonchev–Trinajstić information content (AvgIpc) is 2.80. The normalized spacial score (nSPS) is 30.9. The quantitative estimate of drug-likeness (QED) is 0.271. The summed E-state index contributed by atoms with van der Waals surface area (Å²) in [6.45, 7) is 3.30. The Morgan fingerprint density at radius 2 is 1.70 bits per heavy atom. The van der Waals surface area contributed by atoms with E-state index < -0.39 is 87.6 Å². The Morgan fingerprint density at radius 3 is 2.24 bits per heavy atom. The molecule has 4 rings (SSSR count). The lowest BCUT2D eigenvalue weighted by molar-refractivity contribution is -0.182. The van der Waals surface area contributed by atoms with Crippen molar-refractivity contribution < 1.29 is 43.8 Å². The predicted octanol–water partition coefficient (Wildman–Crippen LogP) is -0.520. The van der Waals surface area contributed by atoms with Gasteiger partial charge in [0, 0.05) is 31.5 Å². The molecule has 11 nitrogen and oxygen atoms in total. The molecule has 0 bridgehead atoms. The second kappa shape index (κ2) is 8.69. The van der Waals surface area contributed by atoms with Gasteiger partial charge in [-0.05, 0) is 42.4 Å². The van der Waals surface area contributed by atoms with Crippen molar-refractivity contribution in [2.24, 2.45) is 41.2 Å². The maximum absolute atomic E-state index is 13.8. The molecule has 0 aliphatic heterocycles. The van der Waals surface area contributed by atoms with E-state index in [1.807, 2.05) is 0 Å². The molecule has 1 aromatic rings. The number of hydrogen-bond donors (Lipinski definition) is 3. The fourth-order valence-corrected chi connectivity index (χ4v) is 6.39. The van der Waals surface area contributed by atoms with Crippen LogP contribution in [0.25, 0.3) is 0 Å². The number of likely N-dealkylation sites (N-methyl/N-ethyl adjacent to an activating group) is 1. The third-order valence-corrected chi connectivity index (χ3v) is 8.04. The van der Waals surface area contributed by atoms with E-state index >= 15 is 0 Å². The molecule has 4 N–H and O–H groups in total. The topological polar surface area (TPSA) is 189 Å². The molecule has 0 spiro atoms. The fourth-order valence-electron chi connectivity index (χ4n) is 6.39. The minimum Gasteiger partial charge on any atom is -0.507 e. The Bertz CT molecular complexity index is 1300. The summed E-state index contributed by atoms with van der Waals surface area (Å²) < 4.78 is 0. The van der Waals surface area contributed by atoms with Gasteiger partial charge in [0.15, 0.2) is 34.7 Å². The Hall–Kier alpha value is -3.73. The van der Waals surface area contributed by atoms with Crippen LogP contribution in [0.3, 0.4) is 0 Å². The van der Waals surface area contributed by atoms with E-state index in [0.717, 1.165) is 11.0 Å². The molecule has 2 unspecified atom stereocenters. The Morgan fingerprint density at radius 1 is 1.08 bits per heavy atom. The minimum absolute atomic E-state index is 0.0906. The average molecular weight is 513 g/mol. The predicted molar refractivity (Wildman–Crippen MR) is 125 cm³/mol. The van der Waals surface area contributed by atoms with Crippen molar-refractivity contribution in [1.82, 2.24) is 4.90 Å². The first-order valence-corrected chi connectivity index (χ1v) is 11.9. The molecule has 0 saturated heterocycles. The Balaban J connectivity index is 1.87. The first kappa shape index (κ1) is 26.3. The summed E-state index contributed by atoms with van der Waals surface area (Å²) in [4.78, 5) is 92.1. The van der Waals surface area contributed by atoms with E-state index in [0.29, 0.717) is 0 Å². The minimum atomic E-state index is -2.79. The number of ketones is 5. The second-order valence-corrected chi connectivity index (χ2v) is 10.7. The van der Waals surface area contributed by atoms with Crippen molar-refractivity contribution in [3.63, 3.8) is 0 Å². The maximum Gasteiger partial charge on any atom is 0.294 e. The smallest absolute Gasteiger partial charge is 0.294 e. The van der Waals surface area contributed by atoms with Crippen molar-refractivity contribution in [3.8, 4) is 5.75 Å². The van der Waals surface area contributed by atoms with Crippen LogP contribution in [0.1, 0.15) is 46.5 Å². The molecule has 3 aliphatic rings. The van der Waals surface area contributed by atoms with E-state index in [1.165, 1.54) is 20.2 Å². The molecule has 6 atom stereocenters. The number of primary amides is 1. The number of fused-ring (bicyclic) bond motifs is 3. The summed E-state index contributed by atoms with van der Waals surface area (Å²) in [6, 6.07) is 2.30. The molecule has 2 saturated carbocycles. The van der Waals surface area contributed by atoms with E-state index in [9.17, 15) is 43.8 Å². The van der Waals surface area contributed by atoms with Crippen LogP contribution in [0.2, 0.25) is 0 Å². The summed E-state index contributed by atoms with van der Waals surface area (Å²) in [5, 5.41) is 22.1. The number of nitrogens with two attached hydrogens (primary N) is 1. The molecule has 2 fully saturated rings. The van der Waals surface area contributed by atoms with E-state index in [2.05, 4.69) is 0 Å². The second-order valence-electron chi connectivity index (χ2n) is 10.7. The summed E-state index contributed by atoms with van der Waals surface area (Å²) in [7, 11) is 2.77. The number of benzene rings is 1. The van der Waals surface area contributed by atoms with E-state index in [-0.39, 0.29) is 29.5 Å². The van der Waals surface area contributed by atoms with Gasteiger partial charge >= 0.3 is 0 Å². The van der Waals surface area contributed by atoms with Gasteiger partial charge in [-0.1, -0.05) is 13.8 Å². The van der Waals surface area contributed by atoms with Gasteiger partial charge in [0.1, 0.15) is 5.75 Å². The highest BCUT2D eigenvalue weighted by Crippen LogP contribution is 2.53. The highest BCUT2D eigenvalue weighted by molar-refractivity contribution is 6.43. The molecule has 37 heavy (non-hydrogen) atoms. The number of aromatic hydroxyl groups is 1. The number of amides is 2. The first-order chi connectivity index (χ1) is 17.2. The summed E-state index contributed by atoms with van der Waals surface area (Å²) in [6.07, 6.45) is -0.207. The molecular formula is C26H28N2O9. The molecular weight excluding hydrogens is 484 g/mol. The third-order valence-electron chi connectivity index (χ3n) is 8.04. The maximum atomic E-state index is 13.8. The van der Waals surface area contributed by atoms with Crippen LogP contribution >= 0.6 is 0 Å². The van der Waals surface area contributed by atoms with Gasteiger partial charge in [0.2, 0.25) is 5.91 Å². The van der Waals surface area contributed by atoms with Crippen molar-refractivity contribution in [2.45, 2.75) is 32.3 Å². The van der Waals surface area contributed by atoms with E-state index in [1.54, 1.807) is 13.8 Å². The van der Waals surface area contributed by atoms with Gasteiger partial charge in [-0.3, -0.25) is 33.6 Å². The molecule has 1 aromatic carbocycles. The number of phenolic OH excluding ortho intramolecular Hbond substituents is 1. The zero-order valence-corrected chi connectivity index (χ0v) is 20.8. The van der Waals surface area contributed by atoms with Crippen molar-refractivity contribution in [1.29, 1.82) is 0 Å². The van der Waals surface area contributed by atoms with Gasteiger partial charge in [-0.2, -0.15) is 0 Å². The lowest BCUT2D eigenvalue weighted by atomic mass is 9.49. The van der Waals surface area contributed by atoms with Crippen molar-refractivity contribution in [2.75, 3.05) is 14.1 Å². The van der Waals surface area contributed by atoms with Crippen molar-refractivity contribution >= 4 is 40.7 Å². The molecule has 3 aliphatic carbocycles. The third kappa shape index (κ3) is 3.55. The number of carbonyl (C=O) groups is 7. The first-order valence-electron chi connectivity index (χ1n) is 11.9. The van der Waals surface area contributed by atoms with Crippen LogP contribution in [0, 0.1) is 35.5 Å². The zero-order chi connectivity index (χ0) is 27.7. The van der Waals surface area contributed by atoms with Crippen LogP contribution in [0.4, 0.5) is 0 Å². The largest absolute Gasteiger partial charge is 0.507 e. The van der Waals surface area contributed by atoms with Crippen LogP contribution in [-0.2, 0) is 30.4 Å². The molecule has 0 aromatic heterocycles. The number of carbonyl (C=O) groups excluding carboxylic acids is 7. The van der Waals surface area contributed by atoms with Gasteiger partial charge in [0.05, 0.1) is 11.5 Å². The zero-order valence-electron chi connectivity index (χ0n) is 20.8. The summed E-state index contributed by atoms with van der Waals surface area (Å²) in [5.74, 6) is -14.9. The molecule has 2 amide bonds.